The number of nitrogens with zero attached hydrogens (tertiary/aromatic N) is 1. The molecule has 2 aromatic carbocycles. The van der Waals surface area contributed by atoms with Crippen molar-refractivity contribution >= 4 is 67.7 Å². The molecule has 0 aliphatic heterocycles. The summed E-state index contributed by atoms with van der Waals surface area (Å²) < 4.78 is 5.14. The maximum Gasteiger partial charge on any atom is 0.255 e. The smallest absolute Gasteiger partial charge is 0.255 e. The van der Waals surface area contributed by atoms with Gasteiger partial charge in [0.15, 0.2) is 11.4 Å². The van der Waals surface area contributed by atoms with Crippen LogP contribution in [0.5, 0.6) is 11.5 Å². The number of alkyl halides is 1. The molecule has 5 rings (SSSR count). The van der Waals surface area contributed by atoms with Crippen LogP contribution in [0.2, 0.25) is 0 Å². The van der Waals surface area contributed by atoms with Gasteiger partial charge in [-0.3, -0.25) is 24.1 Å². The lowest BCUT2D eigenvalue weighted by atomic mass is 9.54. The molecule has 0 saturated heterocycles. The van der Waals surface area contributed by atoms with Crippen LogP contribution in [0.4, 0.5) is 5.69 Å². The van der Waals surface area contributed by atoms with E-state index in [0.29, 0.717) is 16.9 Å². The molecular formula is C31H33Br2N3O10. The molecule has 6 unspecified atom stereocenters. The monoisotopic (exact) mass is 765 g/mol. The number of nitrogens with two attached hydrogens (primary N) is 1. The van der Waals surface area contributed by atoms with E-state index in [-0.39, 0.29) is 28.2 Å². The second-order valence-electron chi connectivity index (χ2n) is 11.6. The van der Waals surface area contributed by atoms with Gasteiger partial charge >= 0.3 is 0 Å². The lowest BCUT2D eigenvalue weighted by Gasteiger charge is -2.53. The number of aliphatic hydroxyl groups is 4. The van der Waals surface area contributed by atoms with Gasteiger partial charge in [-0.2, -0.15) is 0 Å². The number of benzene rings is 2. The van der Waals surface area contributed by atoms with Crippen LogP contribution in [0, 0.1) is 11.8 Å². The predicted octanol–water partition coefficient (Wildman–Crippen LogP) is 2.16. The number of nitrogens with one attached hydrogen (secondary N) is 1. The number of hydrogen-bond acceptors (Lipinski definition) is 11. The minimum atomic E-state index is -3.02. The van der Waals surface area contributed by atoms with E-state index in [2.05, 4.69) is 21.2 Å². The number of primary amides is 1. The second-order valence-corrected chi connectivity index (χ2v) is 12.5. The molecule has 15 heteroatoms. The highest BCUT2D eigenvalue weighted by Crippen LogP contribution is 2.56. The van der Waals surface area contributed by atoms with Gasteiger partial charge in [0.1, 0.15) is 33.4 Å². The van der Waals surface area contributed by atoms with Gasteiger partial charge in [0.2, 0.25) is 11.7 Å². The maximum atomic E-state index is 14.1. The van der Waals surface area contributed by atoms with Gasteiger partial charge < -0.3 is 41.3 Å². The Balaban J connectivity index is 0.00000480. The first-order valence-electron chi connectivity index (χ1n) is 13.9. The van der Waals surface area contributed by atoms with Gasteiger partial charge in [-0.05, 0) is 49.3 Å². The topological polar surface area (TPSA) is 220 Å². The molecule has 0 aromatic heterocycles. The molecule has 0 bridgehead atoms. The maximum absolute atomic E-state index is 14.1. The summed E-state index contributed by atoms with van der Waals surface area (Å²) in [6, 6.07) is 8.16. The van der Waals surface area contributed by atoms with Crippen molar-refractivity contribution in [2.75, 3.05) is 26.5 Å². The van der Waals surface area contributed by atoms with Crippen LogP contribution in [-0.4, -0.2) is 92.8 Å². The van der Waals surface area contributed by atoms with E-state index in [9.17, 15) is 44.7 Å². The number of ether oxygens (including phenoxy) is 1. The number of likely N-dealkylation sites (N-methyl/N-ethyl adjacent to an activating group) is 1. The molecule has 0 heterocycles. The number of rotatable bonds is 6. The van der Waals surface area contributed by atoms with Crippen molar-refractivity contribution in [3.63, 3.8) is 0 Å². The molecule has 246 valence electrons. The van der Waals surface area contributed by atoms with Crippen LogP contribution in [0.1, 0.15) is 34.4 Å². The summed E-state index contributed by atoms with van der Waals surface area (Å²) in [4.78, 5) is 53.1. The first-order valence-corrected chi connectivity index (χ1v) is 14.8. The van der Waals surface area contributed by atoms with Gasteiger partial charge in [0.25, 0.3) is 5.91 Å². The van der Waals surface area contributed by atoms with Crippen molar-refractivity contribution in [3.8, 4) is 11.5 Å². The minimum Gasteiger partial charge on any atom is -0.508 e. The summed E-state index contributed by atoms with van der Waals surface area (Å²) >= 11 is 3.33. The molecule has 46 heavy (non-hydrogen) atoms. The standard InChI is InChI=1S/C31H32BrN3O10.BrH/c1-11-14-9-10-15(34-30(43)21(32)12-5-7-13(45-4)8-6-12)23(36)17(14)24(37)18-16(11)25(38)20-22(35(2)3)26(39)19(29(33)42)28(41)31(20,44)27(18)40;/h5-11,16,20-22,25,36-38,41,44H,1-4H3,(H2,33,42)(H,34,43);1H/t11?,16?,20?,21?,22-,25?,31?;/m0./s1. The number of methoxy groups -OCH3 is 1. The molecular weight excluding hydrogens is 734 g/mol. The Labute approximate surface area is 282 Å². The van der Waals surface area contributed by atoms with Gasteiger partial charge in [-0.25, -0.2) is 0 Å². The molecule has 0 spiro atoms. The van der Waals surface area contributed by atoms with Crippen molar-refractivity contribution in [3.05, 3.63) is 70.0 Å². The number of aliphatic hydroxyl groups excluding tert-OH is 3. The molecule has 2 aromatic rings. The SMILES string of the molecule is Br.COc1ccc(C(Br)C(=O)Nc2ccc3c(c2O)C(O)=C2C(=O)C4(O)C(O)=C(C(N)=O)C(=O)[C@@H](N(C)C)C4C(O)C2C3C)cc1. The van der Waals surface area contributed by atoms with Crippen LogP contribution in [-0.2, 0) is 19.2 Å². The lowest BCUT2D eigenvalue weighted by molar-refractivity contribution is -0.169. The number of ketones is 2. The normalized spacial score (nSPS) is 27.7. The highest BCUT2D eigenvalue weighted by Gasteiger charge is 2.68. The molecule has 1 saturated carbocycles. The number of carbonyl (C=O) groups excluding carboxylic acids is 4. The number of carbonyl (C=O) groups is 4. The fraction of sp³-hybridized carbons (Fsp3) is 0.355. The number of hydrogen-bond donors (Lipinski definition) is 7. The van der Waals surface area contributed by atoms with Crippen molar-refractivity contribution in [2.45, 2.75) is 35.4 Å². The number of halogens is 2. The largest absolute Gasteiger partial charge is 0.508 e. The molecule has 3 aliphatic rings. The third-order valence-electron chi connectivity index (χ3n) is 9.03. The number of fused-ring (bicyclic) bond motifs is 3. The summed E-state index contributed by atoms with van der Waals surface area (Å²) in [5, 5.41) is 59.9. The third-order valence-corrected chi connectivity index (χ3v) is 9.97. The van der Waals surface area contributed by atoms with Crippen LogP contribution >= 0.6 is 32.9 Å². The van der Waals surface area contributed by atoms with Crippen molar-refractivity contribution in [1.82, 2.24) is 4.90 Å². The van der Waals surface area contributed by atoms with E-state index >= 15 is 0 Å². The molecule has 3 aliphatic carbocycles. The quantitative estimate of drug-likeness (QED) is 0.128. The highest BCUT2D eigenvalue weighted by atomic mass is 79.9. The Morgan fingerprint density at radius 3 is 2.24 bits per heavy atom. The number of phenols is 1. The minimum absolute atomic E-state index is 0. The molecule has 8 N–H and O–H groups in total. The van der Waals surface area contributed by atoms with Gasteiger partial charge in [0.05, 0.1) is 36.4 Å². The van der Waals surface area contributed by atoms with Crippen LogP contribution < -0.4 is 15.8 Å². The number of phenolic OH excluding ortho intramolecular Hbond substituents is 1. The average Bonchev–Trinajstić information content (AvgIpc) is 2.99. The number of amides is 2. The number of anilines is 1. The van der Waals surface area contributed by atoms with Crippen LogP contribution in [0.25, 0.3) is 5.76 Å². The first-order chi connectivity index (χ1) is 21.1. The molecule has 1 fully saturated rings. The van der Waals surface area contributed by atoms with Crippen molar-refractivity contribution in [2.24, 2.45) is 17.6 Å². The predicted molar refractivity (Wildman–Crippen MR) is 174 cm³/mol. The Hall–Kier alpha value is -3.76. The van der Waals surface area contributed by atoms with Crippen molar-refractivity contribution in [1.29, 1.82) is 0 Å². The number of aromatic hydroxyl groups is 1. The summed E-state index contributed by atoms with van der Waals surface area (Å²) in [5.41, 5.74) is 1.35. The fourth-order valence-corrected chi connectivity index (χ4v) is 7.26. The van der Waals surface area contributed by atoms with Gasteiger partial charge in [0, 0.05) is 11.5 Å². The van der Waals surface area contributed by atoms with E-state index in [1.807, 2.05) is 0 Å². The van der Waals surface area contributed by atoms with Crippen molar-refractivity contribution < 1.29 is 49.4 Å². The summed E-state index contributed by atoms with van der Waals surface area (Å²) in [7, 11) is 4.38. The first kappa shape index (κ1) is 35.1. The summed E-state index contributed by atoms with van der Waals surface area (Å²) in [6.07, 6.45) is -1.71. The lowest BCUT2D eigenvalue weighted by Crippen LogP contribution is -2.70. The summed E-state index contributed by atoms with van der Waals surface area (Å²) in [6.45, 7) is 1.62. The zero-order chi connectivity index (χ0) is 33.3. The van der Waals surface area contributed by atoms with E-state index < -0.39 is 92.1 Å². The molecule has 13 nitrogen and oxygen atoms in total. The Kier molecular flexibility index (Phi) is 9.50. The van der Waals surface area contributed by atoms with Gasteiger partial charge in [-0.1, -0.05) is 41.1 Å². The zero-order valence-corrected chi connectivity index (χ0v) is 28.3. The van der Waals surface area contributed by atoms with E-state index in [1.54, 1.807) is 31.2 Å². The Morgan fingerprint density at radius 1 is 1.09 bits per heavy atom. The molecule has 0 radical (unpaired) electrons. The molecule has 2 amide bonds. The Bertz CT molecular complexity index is 1710. The number of Topliss-reactive ketones (excluding diaryl/α,β-unsaturated/α-hetero) is 2. The summed E-state index contributed by atoms with van der Waals surface area (Å²) in [5.74, 6) is -9.98. The van der Waals surface area contributed by atoms with Crippen LogP contribution in [0.15, 0.2) is 53.3 Å². The third kappa shape index (κ3) is 5.01. The van der Waals surface area contributed by atoms with E-state index in [0.717, 1.165) is 0 Å². The van der Waals surface area contributed by atoms with E-state index in [1.165, 1.54) is 38.2 Å². The average molecular weight is 767 g/mol. The molecule has 7 atom stereocenters. The zero-order valence-electron chi connectivity index (χ0n) is 25.0. The van der Waals surface area contributed by atoms with E-state index in [4.69, 9.17) is 10.5 Å². The fourth-order valence-electron chi connectivity index (χ4n) is 6.84. The Morgan fingerprint density at radius 2 is 1.70 bits per heavy atom. The highest BCUT2D eigenvalue weighted by molar-refractivity contribution is 9.09. The second kappa shape index (κ2) is 12.4. The van der Waals surface area contributed by atoms with Crippen LogP contribution in [0.3, 0.4) is 0 Å². The van der Waals surface area contributed by atoms with Gasteiger partial charge in [-0.15, -0.1) is 17.0 Å².